The molecule has 1 aromatic heterocycles. The minimum atomic E-state index is -0.495. The second-order valence-electron chi connectivity index (χ2n) is 4.46. The zero-order valence-electron chi connectivity index (χ0n) is 11.8. The molecule has 0 radical (unpaired) electrons. The molecule has 0 fully saturated rings. The summed E-state index contributed by atoms with van der Waals surface area (Å²) in [6, 6.07) is 7.57. The van der Waals surface area contributed by atoms with Crippen LogP contribution in [0.4, 0.5) is 14.9 Å². The first-order valence-electron chi connectivity index (χ1n) is 6.39. The van der Waals surface area contributed by atoms with E-state index in [1.54, 1.807) is 30.5 Å². The molecule has 0 saturated carbocycles. The number of nitrogens with one attached hydrogen (secondary N) is 2. The number of anilines is 1. The van der Waals surface area contributed by atoms with Crippen LogP contribution in [0.2, 0.25) is 0 Å². The monoisotopic (exact) mass is 289 g/mol. The molecule has 1 heterocycles. The van der Waals surface area contributed by atoms with E-state index in [0.717, 1.165) is 11.1 Å². The zero-order chi connectivity index (χ0) is 15.2. The number of benzene rings is 1. The number of ether oxygens (including phenoxy) is 1. The van der Waals surface area contributed by atoms with Gasteiger partial charge in [0.2, 0.25) is 5.88 Å². The Morgan fingerprint density at radius 2 is 2.19 bits per heavy atom. The lowest BCUT2D eigenvalue weighted by Gasteiger charge is -2.10. The van der Waals surface area contributed by atoms with Gasteiger partial charge in [0.15, 0.2) is 0 Å². The molecule has 0 bridgehead atoms. The fourth-order valence-corrected chi connectivity index (χ4v) is 1.82. The zero-order valence-corrected chi connectivity index (χ0v) is 11.8. The van der Waals surface area contributed by atoms with E-state index in [4.69, 9.17) is 4.74 Å². The van der Waals surface area contributed by atoms with Gasteiger partial charge in [0, 0.05) is 18.3 Å². The van der Waals surface area contributed by atoms with Crippen molar-refractivity contribution in [1.29, 1.82) is 0 Å². The fraction of sp³-hybridized carbons (Fsp3) is 0.200. The van der Waals surface area contributed by atoms with Crippen LogP contribution in [-0.2, 0) is 6.54 Å². The van der Waals surface area contributed by atoms with Gasteiger partial charge < -0.3 is 15.4 Å². The fourth-order valence-electron chi connectivity index (χ4n) is 1.82. The Balaban J connectivity index is 1.97. The Morgan fingerprint density at radius 3 is 2.95 bits per heavy atom. The summed E-state index contributed by atoms with van der Waals surface area (Å²) >= 11 is 0. The van der Waals surface area contributed by atoms with E-state index in [0.29, 0.717) is 5.88 Å². The van der Waals surface area contributed by atoms with Gasteiger partial charge in [0.05, 0.1) is 12.8 Å². The summed E-state index contributed by atoms with van der Waals surface area (Å²) in [4.78, 5) is 15.8. The number of aryl methyl sites for hydroxylation is 1. The number of rotatable bonds is 4. The lowest BCUT2D eigenvalue weighted by molar-refractivity contribution is 0.251. The van der Waals surface area contributed by atoms with Gasteiger partial charge in [-0.05, 0) is 30.7 Å². The number of carbonyl (C=O) groups excluding carboxylic acids is 1. The topological polar surface area (TPSA) is 63.2 Å². The Labute approximate surface area is 122 Å². The molecule has 2 aromatic rings. The Kier molecular flexibility index (Phi) is 4.71. The molecule has 0 atom stereocenters. The van der Waals surface area contributed by atoms with E-state index in [1.807, 2.05) is 6.92 Å². The van der Waals surface area contributed by atoms with Crippen LogP contribution in [0.1, 0.15) is 11.1 Å². The summed E-state index contributed by atoms with van der Waals surface area (Å²) in [5.74, 6) is -0.0331. The minimum Gasteiger partial charge on any atom is -0.481 e. The standard InChI is InChI=1S/C15H16FN3O2/c1-10-5-6-12(16)13(8-10)19-15(20)18-9-11-4-3-7-17-14(11)21-2/h3-8H,9H2,1-2H3,(H2,18,19,20). The Bertz CT molecular complexity index is 647. The van der Waals surface area contributed by atoms with Gasteiger partial charge in [-0.25, -0.2) is 14.2 Å². The number of pyridine rings is 1. The second-order valence-corrected chi connectivity index (χ2v) is 4.46. The van der Waals surface area contributed by atoms with E-state index in [9.17, 15) is 9.18 Å². The van der Waals surface area contributed by atoms with Gasteiger partial charge in [0.25, 0.3) is 0 Å². The summed E-state index contributed by atoms with van der Waals surface area (Å²) in [7, 11) is 1.51. The highest BCUT2D eigenvalue weighted by Crippen LogP contribution is 2.16. The highest BCUT2D eigenvalue weighted by Gasteiger charge is 2.08. The number of urea groups is 1. The number of hydrogen-bond acceptors (Lipinski definition) is 3. The van der Waals surface area contributed by atoms with Gasteiger partial charge in [-0.15, -0.1) is 0 Å². The van der Waals surface area contributed by atoms with E-state index in [2.05, 4.69) is 15.6 Å². The summed E-state index contributed by atoms with van der Waals surface area (Å²) in [5, 5.41) is 5.10. The lowest BCUT2D eigenvalue weighted by atomic mass is 10.2. The maximum absolute atomic E-state index is 13.5. The van der Waals surface area contributed by atoms with Crippen LogP contribution in [-0.4, -0.2) is 18.1 Å². The normalized spacial score (nSPS) is 10.0. The van der Waals surface area contributed by atoms with Gasteiger partial charge in [-0.1, -0.05) is 12.1 Å². The molecule has 1 aromatic carbocycles. The van der Waals surface area contributed by atoms with Crippen LogP contribution in [0.15, 0.2) is 36.5 Å². The average Bonchev–Trinajstić information content (AvgIpc) is 2.49. The van der Waals surface area contributed by atoms with Crippen LogP contribution in [0.3, 0.4) is 0 Å². The van der Waals surface area contributed by atoms with Gasteiger partial charge in [0.1, 0.15) is 5.82 Å². The van der Waals surface area contributed by atoms with E-state index in [1.165, 1.54) is 13.2 Å². The van der Waals surface area contributed by atoms with Crippen LogP contribution >= 0.6 is 0 Å². The first kappa shape index (κ1) is 14.8. The maximum Gasteiger partial charge on any atom is 0.319 e. The average molecular weight is 289 g/mol. The number of aromatic nitrogens is 1. The Hall–Kier alpha value is -2.63. The lowest BCUT2D eigenvalue weighted by Crippen LogP contribution is -2.28. The summed E-state index contributed by atoms with van der Waals surface area (Å²) in [5.41, 5.74) is 1.74. The molecule has 0 unspecified atom stereocenters. The molecule has 110 valence electrons. The SMILES string of the molecule is COc1ncccc1CNC(=O)Nc1cc(C)ccc1F. The van der Waals surface area contributed by atoms with Crippen molar-refractivity contribution in [3.63, 3.8) is 0 Å². The number of hydrogen-bond donors (Lipinski definition) is 2. The highest BCUT2D eigenvalue weighted by atomic mass is 19.1. The minimum absolute atomic E-state index is 0.144. The van der Waals surface area contributed by atoms with Crippen molar-refractivity contribution in [2.24, 2.45) is 0 Å². The first-order valence-corrected chi connectivity index (χ1v) is 6.39. The Morgan fingerprint density at radius 1 is 1.38 bits per heavy atom. The van der Waals surface area contributed by atoms with Gasteiger partial charge in [-0.3, -0.25) is 0 Å². The third kappa shape index (κ3) is 3.92. The van der Waals surface area contributed by atoms with Crippen LogP contribution in [0.25, 0.3) is 0 Å². The molecule has 0 spiro atoms. The number of nitrogens with zero attached hydrogens (tertiary/aromatic N) is 1. The molecule has 0 aliphatic carbocycles. The maximum atomic E-state index is 13.5. The molecule has 5 nitrogen and oxygen atoms in total. The number of amides is 2. The van der Waals surface area contributed by atoms with Crippen molar-refractivity contribution >= 4 is 11.7 Å². The quantitative estimate of drug-likeness (QED) is 0.909. The van der Waals surface area contributed by atoms with Crippen LogP contribution in [0.5, 0.6) is 5.88 Å². The largest absolute Gasteiger partial charge is 0.481 e. The number of halogens is 1. The molecule has 0 saturated heterocycles. The molecular weight excluding hydrogens is 273 g/mol. The first-order chi connectivity index (χ1) is 10.1. The predicted octanol–water partition coefficient (Wildman–Crippen LogP) is 2.86. The highest BCUT2D eigenvalue weighted by molar-refractivity contribution is 5.89. The predicted molar refractivity (Wildman–Crippen MR) is 77.8 cm³/mol. The molecule has 2 amide bonds. The third-order valence-electron chi connectivity index (χ3n) is 2.85. The molecule has 6 heteroatoms. The van der Waals surface area contributed by atoms with Crippen molar-refractivity contribution in [3.05, 3.63) is 53.5 Å². The van der Waals surface area contributed by atoms with Crippen molar-refractivity contribution in [2.75, 3.05) is 12.4 Å². The summed E-state index contributed by atoms with van der Waals surface area (Å²) in [6.45, 7) is 2.05. The van der Waals surface area contributed by atoms with Crippen molar-refractivity contribution in [3.8, 4) is 5.88 Å². The van der Waals surface area contributed by atoms with Crippen LogP contribution in [0, 0.1) is 12.7 Å². The van der Waals surface area contributed by atoms with Gasteiger partial charge in [-0.2, -0.15) is 0 Å². The van der Waals surface area contributed by atoms with Crippen molar-refractivity contribution < 1.29 is 13.9 Å². The third-order valence-corrected chi connectivity index (χ3v) is 2.85. The summed E-state index contributed by atoms with van der Waals surface area (Å²) in [6.07, 6.45) is 1.60. The number of carbonyl (C=O) groups is 1. The molecule has 21 heavy (non-hydrogen) atoms. The summed E-state index contributed by atoms with van der Waals surface area (Å²) < 4.78 is 18.6. The smallest absolute Gasteiger partial charge is 0.319 e. The molecule has 2 rings (SSSR count). The van der Waals surface area contributed by atoms with E-state index < -0.39 is 11.8 Å². The molecule has 0 aliphatic rings. The van der Waals surface area contributed by atoms with Crippen molar-refractivity contribution in [1.82, 2.24) is 10.3 Å². The van der Waals surface area contributed by atoms with Crippen molar-refractivity contribution in [2.45, 2.75) is 13.5 Å². The van der Waals surface area contributed by atoms with Gasteiger partial charge >= 0.3 is 6.03 Å². The molecular formula is C15H16FN3O2. The van der Waals surface area contributed by atoms with Crippen LogP contribution < -0.4 is 15.4 Å². The molecule has 0 aliphatic heterocycles. The number of methoxy groups -OCH3 is 1. The van der Waals surface area contributed by atoms with E-state index in [-0.39, 0.29) is 12.2 Å². The molecule has 2 N–H and O–H groups in total. The second kappa shape index (κ2) is 6.69. The van der Waals surface area contributed by atoms with E-state index >= 15 is 0 Å².